The van der Waals surface area contributed by atoms with E-state index in [0.29, 0.717) is 0 Å². The van der Waals surface area contributed by atoms with Crippen LogP contribution < -0.4 is 4.74 Å². The fraction of sp³-hybridized carbons (Fsp3) is 0.393. The maximum Gasteiger partial charge on any atom is 0.360 e. The highest BCUT2D eigenvalue weighted by atomic mass is 16.8. The number of amides is 1. The molecule has 0 bridgehead atoms. The summed E-state index contributed by atoms with van der Waals surface area (Å²) in [7, 11) is 1.31. The van der Waals surface area contributed by atoms with E-state index >= 15 is 0 Å². The molecule has 1 amide bonds. The maximum absolute atomic E-state index is 13.8. The second-order valence-corrected chi connectivity index (χ2v) is 9.47. The number of para-hydroxylation sites is 1. The van der Waals surface area contributed by atoms with Crippen molar-refractivity contribution in [2.45, 2.75) is 52.0 Å². The Morgan fingerprint density at radius 1 is 1.05 bits per heavy atom. The molecule has 38 heavy (non-hydrogen) atoms. The van der Waals surface area contributed by atoms with Gasteiger partial charge in [-0.05, 0) is 30.5 Å². The Labute approximate surface area is 221 Å². The molecule has 1 unspecified atom stereocenters. The number of hydrogen-bond acceptors (Lipinski definition) is 8. The van der Waals surface area contributed by atoms with E-state index in [0.717, 1.165) is 10.5 Å². The van der Waals surface area contributed by atoms with Crippen LogP contribution in [-0.2, 0) is 35.4 Å². The Balaban J connectivity index is 1.88. The van der Waals surface area contributed by atoms with Gasteiger partial charge in [0.15, 0.2) is 5.78 Å². The standard InChI is InChI=1S/C28H32N2O8/c1-18(2)25(26(34)36-17-20-11-7-5-8-12-20)22-16-28(38-29-22,37-21-13-9-6-10-14-21)27(35)30(4)23(19(3)31)15-24(32)33/h5-14,18,23,25H,15-17H2,1-4H3,(H,32,33)/t23-,25-,28?/m0/s1. The van der Waals surface area contributed by atoms with Gasteiger partial charge in [-0.1, -0.05) is 67.5 Å². The number of ether oxygens (including phenoxy) is 2. The molecular formula is C28H32N2O8. The van der Waals surface area contributed by atoms with Crippen LogP contribution in [0, 0.1) is 11.8 Å². The second kappa shape index (κ2) is 12.4. The Hall–Kier alpha value is -4.21. The van der Waals surface area contributed by atoms with Crippen LogP contribution in [0.25, 0.3) is 0 Å². The number of Topliss-reactive ketones (excluding diaryl/α,β-unsaturated/α-hetero) is 1. The molecule has 0 spiro atoms. The minimum absolute atomic E-state index is 0.0693. The lowest BCUT2D eigenvalue weighted by molar-refractivity contribution is -0.197. The van der Waals surface area contributed by atoms with Gasteiger partial charge in [0.2, 0.25) is 0 Å². The molecule has 0 radical (unpaired) electrons. The number of rotatable bonds is 12. The summed E-state index contributed by atoms with van der Waals surface area (Å²) in [6.07, 6.45) is -0.820. The van der Waals surface area contributed by atoms with Crippen LogP contribution in [-0.4, -0.2) is 58.2 Å². The zero-order chi connectivity index (χ0) is 27.9. The highest BCUT2D eigenvalue weighted by molar-refractivity contribution is 6.06. The van der Waals surface area contributed by atoms with Crippen LogP contribution >= 0.6 is 0 Å². The van der Waals surface area contributed by atoms with E-state index in [2.05, 4.69) is 5.16 Å². The molecule has 0 aliphatic carbocycles. The van der Waals surface area contributed by atoms with Crippen molar-refractivity contribution < 1.29 is 38.6 Å². The molecule has 1 heterocycles. The van der Waals surface area contributed by atoms with Gasteiger partial charge in [-0.15, -0.1) is 0 Å². The first-order chi connectivity index (χ1) is 18.0. The number of ketones is 1. The molecule has 2 aromatic carbocycles. The van der Waals surface area contributed by atoms with Crippen LogP contribution in [0.4, 0.5) is 0 Å². The highest BCUT2D eigenvalue weighted by Crippen LogP contribution is 2.35. The third-order valence-electron chi connectivity index (χ3n) is 6.20. The average molecular weight is 525 g/mol. The predicted octanol–water partition coefficient (Wildman–Crippen LogP) is 3.44. The van der Waals surface area contributed by atoms with Gasteiger partial charge in [-0.2, -0.15) is 0 Å². The van der Waals surface area contributed by atoms with E-state index in [9.17, 15) is 24.3 Å². The molecule has 0 saturated heterocycles. The number of benzene rings is 2. The first-order valence-electron chi connectivity index (χ1n) is 12.2. The number of nitrogens with zero attached hydrogens (tertiary/aromatic N) is 2. The van der Waals surface area contributed by atoms with Crippen molar-refractivity contribution in [3.05, 3.63) is 66.2 Å². The van der Waals surface area contributed by atoms with Gasteiger partial charge in [-0.3, -0.25) is 19.2 Å². The maximum atomic E-state index is 13.8. The molecule has 1 aliphatic heterocycles. The third kappa shape index (κ3) is 6.76. The van der Waals surface area contributed by atoms with Crippen LogP contribution in [0.2, 0.25) is 0 Å². The smallest absolute Gasteiger partial charge is 0.360 e. The van der Waals surface area contributed by atoms with Crippen molar-refractivity contribution >= 4 is 29.3 Å². The number of likely N-dealkylation sites (N-methyl/N-ethyl adjacent to an activating group) is 1. The summed E-state index contributed by atoms with van der Waals surface area (Å²) in [6.45, 7) is 4.92. The number of carbonyl (C=O) groups excluding carboxylic acids is 3. The largest absolute Gasteiger partial charge is 0.481 e. The molecule has 10 heteroatoms. The van der Waals surface area contributed by atoms with E-state index in [1.807, 2.05) is 44.2 Å². The van der Waals surface area contributed by atoms with Gasteiger partial charge in [0.05, 0.1) is 18.6 Å². The second-order valence-electron chi connectivity index (χ2n) is 9.47. The Morgan fingerprint density at radius 3 is 2.21 bits per heavy atom. The van der Waals surface area contributed by atoms with Crippen molar-refractivity contribution in [2.24, 2.45) is 17.0 Å². The molecule has 2 aromatic rings. The SMILES string of the molecule is CC(=O)[C@H](CC(=O)O)N(C)C(=O)C1(Oc2ccccc2)CC([C@@H](C(=O)OCc2ccccc2)C(C)C)=NO1. The number of esters is 1. The molecule has 10 nitrogen and oxygen atoms in total. The van der Waals surface area contributed by atoms with Gasteiger partial charge < -0.3 is 24.3 Å². The Bertz CT molecular complexity index is 1180. The van der Waals surface area contributed by atoms with Gasteiger partial charge in [-0.25, -0.2) is 0 Å². The van der Waals surface area contributed by atoms with Crippen LogP contribution in [0.1, 0.15) is 39.2 Å². The van der Waals surface area contributed by atoms with Gasteiger partial charge >= 0.3 is 23.6 Å². The number of carboxylic acids is 1. The van der Waals surface area contributed by atoms with E-state index in [4.69, 9.17) is 14.3 Å². The van der Waals surface area contributed by atoms with Gasteiger partial charge in [0.1, 0.15) is 24.3 Å². The molecule has 3 atom stereocenters. The lowest BCUT2D eigenvalue weighted by Gasteiger charge is -2.33. The van der Waals surface area contributed by atoms with Crippen molar-refractivity contribution in [1.29, 1.82) is 0 Å². The molecule has 0 aromatic heterocycles. The number of aliphatic carboxylic acids is 1. The summed E-state index contributed by atoms with van der Waals surface area (Å²) in [5.41, 5.74) is 1.06. The molecule has 1 aliphatic rings. The van der Waals surface area contributed by atoms with Crippen molar-refractivity contribution in [3.63, 3.8) is 0 Å². The van der Waals surface area contributed by atoms with E-state index in [-0.39, 0.29) is 30.4 Å². The van der Waals surface area contributed by atoms with Crippen LogP contribution in [0.5, 0.6) is 5.75 Å². The van der Waals surface area contributed by atoms with Crippen molar-refractivity contribution in [1.82, 2.24) is 4.90 Å². The number of hydrogen-bond donors (Lipinski definition) is 1. The van der Waals surface area contributed by atoms with Gasteiger partial charge in [0.25, 0.3) is 0 Å². The normalized spacial score (nSPS) is 18.1. The Kier molecular flexibility index (Phi) is 9.22. The molecule has 202 valence electrons. The quantitative estimate of drug-likeness (QED) is 0.418. The Morgan fingerprint density at radius 2 is 1.66 bits per heavy atom. The molecular weight excluding hydrogens is 492 g/mol. The van der Waals surface area contributed by atoms with Crippen molar-refractivity contribution in [2.75, 3.05) is 7.05 Å². The lowest BCUT2D eigenvalue weighted by Crippen LogP contribution is -2.56. The third-order valence-corrected chi connectivity index (χ3v) is 6.20. The predicted molar refractivity (Wildman–Crippen MR) is 137 cm³/mol. The number of carbonyl (C=O) groups is 4. The summed E-state index contributed by atoms with van der Waals surface area (Å²) in [4.78, 5) is 57.1. The number of carboxylic acid groups (broad SMARTS) is 1. The summed E-state index contributed by atoms with van der Waals surface area (Å²) in [5, 5.41) is 13.4. The topological polar surface area (TPSA) is 132 Å². The molecule has 0 saturated carbocycles. The molecule has 0 fully saturated rings. The van der Waals surface area contributed by atoms with Crippen LogP contribution in [0.3, 0.4) is 0 Å². The van der Waals surface area contributed by atoms with Crippen LogP contribution in [0.15, 0.2) is 65.8 Å². The number of oxime groups is 1. The van der Waals surface area contributed by atoms with Gasteiger partial charge in [0, 0.05) is 7.05 Å². The molecule has 1 N–H and O–H groups in total. The minimum atomic E-state index is -2.05. The lowest BCUT2D eigenvalue weighted by atomic mass is 9.87. The summed E-state index contributed by atoms with van der Waals surface area (Å²) < 4.78 is 11.6. The minimum Gasteiger partial charge on any atom is -0.481 e. The first kappa shape index (κ1) is 28.4. The molecule has 3 rings (SSSR count). The zero-order valence-corrected chi connectivity index (χ0v) is 21.8. The fourth-order valence-electron chi connectivity index (χ4n) is 4.23. The summed E-state index contributed by atoms with van der Waals surface area (Å²) >= 11 is 0. The average Bonchev–Trinajstić information content (AvgIpc) is 3.30. The van der Waals surface area contributed by atoms with E-state index in [1.165, 1.54) is 14.0 Å². The zero-order valence-electron chi connectivity index (χ0n) is 21.8. The van der Waals surface area contributed by atoms with E-state index in [1.54, 1.807) is 30.3 Å². The summed E-state index contributed by atoms with van der Waals surface area (Å²) in [5.74, 6) is -5.94. The first-order valence-corrected chi connectivity index (χ1v) is 12.2. The summed E-state index contributed by atoms with van der Waals surface area (Å²) in [6, 6.07) is 16.4. The fourth-order valence-corrected chi connectivity index (χ4v) is 4.23. The van der Waals surface area contributed by atoms with Crippen molar-refractivity contribution in [3.8, 4) is 5.75 Å². The highest BCUT2D eigenvalue weighted by Gasteiger charge is 2.54. The monoisotopic (exact) mass is 524 g/mol. The van der Waals surface area contributed by atoms with E-state index < -0.39 is 47.8 Å².